The third kappa shape index (κ3) is 4.25. The van der Waals surface area contributed by atoms with Crippen molar-refractivity contribution in [2.75, 3.05) is 6.54 Å². The van der Waals surface area contributed by atoms with E-state index in [1.54, 1.807) is 24.3 Å². The van der Waals surface area contributed by atoms with E-state index in [4.69, 9.17) is 9.84 Å². The van der Waals surface area contributed by atoms with Crippen molar-refractivity contribution >= 4 is 11.9 Å². The van der Waals surface area contributed by atoms with Crippen molar-refractivity contribution in [3.05, 3.63) is 65.7 Å². The van der Waals surface area contributed by atoms with Crippen molar-refractivity contribution in [3.8, 4) is 5.75 Å². The second-order valence-electron chi connectivity index (χ2n) is 10.1. The van der Waals surface area contributed by atoms with Gasteiger partial charge in [0.2, 0.25) is 5.91 Å². The van der Waals surface area contributed by atoms with Gasteiger partial charge in [0.15, 0.2) is 0 Å². The maximum Gasteiger partial charge on any atom is 0.335 e. The highest BCUT2D eigenvalue weighted by Gasteiger charge is 2.54. The number of hydrogen-bond donors (Lipinski definition) is 2. The zero-order valence-electron chi connectivity index (χ0n) is 18.3. The molecule has 0 aromatic heterocycles. The molecule has 0 radical (unpaired) electrons. The number of carboxylic acids is 1. The van der Waals surface area contributed by atoms with Crippen LogP contribution >= 0.6 is 0 Å². The molecule has 32 heavy (non-hydrogen) atoms. The SMILES string of the molecule is O=C(O)c1ccc(OC(CCNC(=O)C23CC4CC(CC(C4)C2)C3)c2ccccc2)cc1. The van der Waals surface area contributed by atoms with Gasteiger partial charge in [-0.25, -0.2) is 4.79 Å². The number of aromatic carboxylic acids is 1. The van der Waals surface area contributed by atoms with Gasteiger partial charge in [0, 0.05) is 18.4 Å². The minimum Gasteiger partial charge on any atom is -0.486 e. The van der Waals surface area contributed by atoms with E-state index >= 15 is 0 Å². The molecule has 2 aromatic carbocycles. The summed E-state index contributed by atoms with van der Waals surface area (Å²) in [6.45, 7) is 0.563. The number of rotatable bonds is 8. The van der Waals surface area contributed by atoms with Crippen LogP contribution in [-0.4, -0.2) is 23.5 Å². The van der Waals surface area contributed by atoms with Gasteiger partial charge in [-0.05, 0) is 86.1 Å². The molecule has 168 valence electrons. The first-order chi connectivity index (χ1) is 15.5. The van der Waals surface area contributed by atoms with E-state index in [2.05, 4.69) is 5.32 Å². The molecule has 1 unspecified atom stereocenters. The number of carbonyl (C=O) groups excluding carboxylic acids is 1. The average Bonchev–Trinajstić information content (AvgIpc) is 2.78. The molecule has 4 fully saturated rings. The van der Waals surface area contributed by atoms with Gasteiger partial charge in [0.25, 0.3) is 0 Å². The molecule has 5 heteroatoms. The Balaban J connectivity index is 1.23. The number of amides is 1. The standard InChI is InChI=1S/C27H31NO4/c29-25(30)22-6-8-23(9-7-22)32-24(21-4-2-1-3-5-21)10-11-28-26(31)27-15-18-12-19(16-27)14-20(13-18)17-27/h1-9,18-20,24H,10-17H2,(H,28,31)(H,29,30). The van der Waals surface area contributed by atoms with E-state index < -0.39 is 5.97 Å². The molecular formula is C27H31NO4. The molecule has 1 amide bonds. The summed E-state index contributed by atoms with van der Waals surface area (Å²) in [5.41, 5.74) is 1.14. The monoisotopic (exact) mass is 433 g/mol. The van der Waals surface area contributed by atoms with Crippen molar-refractivity contribution in [2.45, 2.75) is 51.0 Å². The highest BCUT2D eigenvalue weighted by Crippen LogP contribution is 2.60. The van der Waals surface area contributed by atoms with E-state index in [1.165, 1.54) is 19.3 Å². The Bertz CT molecular complexity index is 934. The van der Waals surface area contributed by atoms with Crippen LogP contribution in [0.5, 0.6) is 5.75 Å². The van der Waals surface area contributed by atoms with Crippen LogP contribution in [-0.2, 0) is 4.79 Å². The van der Waals surface area contributed by atoms with Crippen molar-refractivity contribution < 1.29 is 19.4 Å². The fourth-order valence-electron chi connectivity index (χ4n) is 6.69. The molecule has 4 aliphatic rings. The fraction of sp³-hybridized carbons (Fsp3) is 0.481. The topological polar surface area (TPSA) is 75.6 Å². The molecule has 2 aromatic rings. The van der Waals surface area contributed by atoms with E-state index in [9.17, 15) is 9.59 Å². The number of carbonyl (C=O) groups is 2. The zero-order chi connectivity index (χ0) is 22.1. The summed E-state index contributed by atoms with van der Waals surface area (Å²) in [6.07, 6.45) is 7.63. The van der Waals surface area contributed by atoms with Gasteiger partial charge in [-0.2, -0.15) is 0 Å². The summed E-state index contributed by atoms with van der Waals surface area (Å²) in [7, 11) is 0. The minimum absolute atomic E-state index is 0.134. The molecule has 4 aliphatic carbocycles. The lowest BCUT2D eigenvalue weighted by atomic mass is 9.49. The van der Waals surface area contributed by atoms with Crippen LogP contribution in [0.2, 0.25) is 0 Å². The highest BCUT2D eigenvalue weighted by molar-refractivity contribution is 5.87. The number of hydrogen-bond acceptors (Lipinski definition) is 3. The predicted octanol–water partition coefficient (Wildman–Crippen LogP) is 5.23. The first-order valence-corrected chi connectivity index (χ1v) is 11.8. The molecule has 0 spiro atoms. The van der Waals surface area contributed by atoms with E-state index in [1.807, 2.05) is 30.3 Å². The molecule has 4 bridgehead atoms. The lowest BCUT2D eigenvalue weighted by Crippen LogP contribution is -2.53. The Morgan fingerprint density at radius 2 is 1.53 bits per heavy atom. The highest BCUT2D eigenvalue weighted by atomic mass is 16.5. The van der Waals surface area contributed by atoms with Crippen molar-refractivity contribution in [3.63, 3.8) is 0 Å². The lowest BCUT2D eigenvalue weighted by molar-refractivity contribution is -0.146. The molecule has 6 rings (SSSR count). The van der Waals surface area contributed by atoms with E-state index in [0.717, 1.165) is 42.6 Å². The minimum atomic E-state index is -0.955. The van der Waals surface area contributed by atoms with Crippen LogP contribution in [0.3, 0.4) is 0 Å². The number of benzene rings is 2. The normalized spacial score (nSPS) is 28.8. The Hall–Kier alpha value is -2.82. The predicted molar refractivity (Wildman–Crippen MR) is 121 cm³/mol. The van der Waals surface area contributed by atoms with Crippen LogP contribution in [0, 0.1) is 23.2 Å². The Kier molecular flexibility index (Phi) is 5.66. The van der Waals surface area contributed by atoms with Crippen LogP contribution in [0.1, 0.15) is 67.0 Å². The molecule has 0 saturated heterocycles. The van der Waals surface area contributed by atoms with Gasteiger partial charge in [0.1, 0.15) is 11.9 Å². The number of ether oxygens (including phenoxy) is 1. The first kappa shape index (κ1) is 21.0. The molecule has 0 aliphatic heterocycles. The summed E-state index contributed by atoms with van der Waals surface area (Å²) in [6, 6.07) is 16.5. The molecule has 1 atom stereocenters. The first-order valence-electron chi connectivity index (χ1n) is 11.8. The van der Waals surface area contributed by atoms with Gasteiger partial charge < -0.3 is 15.2 Å². The smallest absolute Gasteiger partial charge is 0.335 e. The summed E-state index contributed by atoms with van der Waals surface area (Å²) < 4.78 is 6.22. The van der Waals surface area contributed by atoms with Crippen LogP contribution in [0.4, 0.5) is 0 Å². The summed E-state index contributed by atoms with van der Waals surface area (Å²) in [4.78, 5) is 24.4. The van der Waals surface area contributed by atoms with E-state index in [-0.39, 0.29) is 23.0 Å². The summed E-state index contributed by atoms with van der Waals surface area (Å²) in [5.74, 6) is 2.16. The largest absolute Gasteiger partial charge is 0.486 e. The molecule has 0 heterocycles. The number of nitrogens with one attached hydrogen (secondary N) is 1. The summed E-state index contributed by atoms with van der Waals surface area (Å²) in [5, 5.41) is 12.4. The van der Waals surface area contributed by atoms with Crippen molar-refractivity contribution in [2.24, 2.45) is 23.2 Å². The van der Waals surface area contributed by atoms with E-state index in [0.29, 0.717) is 18.7 Å². The average molecular weight is 434 g/mol. The zero-order valence-corrected chi connectivity index (χ0v) is 18.3. The third-order valence-electron chi connectivity index (χ3n) is 7.76. The third-order valence-corrected chi connectivity index (χ3v) is 7.76. The van der Waals surface area contributed by atoms with Gasteiger partial charge in [-0.3, -0.25) is 4.79 Å². The molecule has 5 nitrogen and oxygen atoms in total. The fourth-order valence-corrected chi connectivity index (χ4v) is 6.69. The second-order valence-corrected chi connectivity index (χ2v) is 10.1. The quantitative estimate of drug-likeness (QED) is 0.598. The van der Waals surface area contributed by atoms with Crippen LogP contribution < -0.4 is 10.1 Å². The summed E-state index contributed by atoms with van der Waals surface area (Å²) >= 11 is 0. The Labute approximate surface area is 189 Å². The van der Waals surface area contributed by atoms with Gasteiger partial charge >= 0.3 is 5.97 Å². The van der Waals surface area contributed by atoms with Crippen molar-refractivity contribution in [1.82, 2.24) is 5.32 Å². The molecule has 2 N–H and O–H groups in total. The van der Waals surface area contributed by atoms with Gasteiger partial charge in [0.05, 0.1) is 5.56 Å². The van der Waals surface area contributed by atoms with Crippen LogP contribution in [0.25, 0.3) is 0 Å². The van der Waals surface area contributed by atoms with Crippen molar-refractivity contribution in [1.29, 1.82) is 0 Å². The number of carboxylic acid groups (broad SMARTS) is 1. The van der Waals surface area contributed by atoms with Gasteiger partial charge in [-0.1, -0.05) is 30.3 Å². The van der Waals surface area contributed by atoms with Gasteiger partial charge in [-0.15, -0.1) is 0 Å². The maximum absolute atomic E-state index is 13.3. The second kappa shape index (κ2) is 8.61. The molecule has 4 saturated carbocycles. The van der Waals surface area contributed by atoms with Crippen LogP contribution in [0.15, 0.2) is 54.6 Å². The Morgan fingerprint density at radius 3 is 2.09 bits per heavy atom. The Morgan fingerprint density at radius 1 is 0.938 bits per heavy atom. The molecular weight excluding hydrogens is 402 g/mol. The maximum atomic E-state index is 13.3. The lowest BCUT2D eigenvalue weighted by Gasteiger charge is -2.55.